The second kappa shape index (κ2) is 12.0. The molecule has 4 N–H and O–H groups in total. The van der Waals surface area contributed by atoms with Crippen LogP contribution in [0.15, 0.2) is 66.9 Å². The Bertz CT molecular complexity index is 1100. The van der Waals surface area contributed by atoms with E-state index in [1.54, 1.807) is 19.2 Å². The number of pyridine rings is 1. The SMILES string of the molecule is CC(=O)N1c2ccc(-c3ccc(C(=O)NCCCO)cc3)cc2CC[C@@H]1C.Nc1ccccn1. The maximum atomic E-state index is 12.1. The number of anilines is 2. The number of aromatic nitrogens is 1. The van der Waals surface area contributed by atoms with Crippen LogP contribution < -0.4 is 16.0 Å². The second-order valence-electron chi connectivity index (χ2n) is 8.29. The van der Waals surface area contributed by atoms with Gasteiger partial charge in [-0.25, -0.2) is 4.98 Å². The molecule has 3 aromatic rings. The molecule has 4 rings (SSSR count). The van der Waals surface area contributed by atoms with E-state index in [0.717, 1.165) is 29.7 Å². The van der Waals surface area contributed by atoms with E-state index in [1.807, 2.05) is 53.4 Å². The molecule has 0 spiro atoms. The van der Waals surface area contributed by atoms with Crippen molar-refractivity contribution in [2.45, 2.75) is 39.2 Å². The molecule has 7 nitrogen and oxygen atoms in total. The Balaban J connectivity index is 0.000000396. The van der Waals surface area contributed by atoms with E-state index in [9.17, 15) is 9.59 Å². The first kappa shape index (κ1) is 24.9. The quantitative estimate of drug-likeness (QED) is 0.502. The number of rotatable bonds is 5. The number of amides is 2. The first-order valence-electron chi connectivity index (χ1n) is 11.5. The highest BCUT2D eigenvalue weighted by Crippen LogP contribution is 2.34. The van der Waals surface area contributed by atoms with E-state index in [1.165, 1.54) is 5.56 Å². The van der Waals surface area contributed by atoms with E-state index in [2.05, 4.69) is 23.3 Å². The lowest BCUT2D eigenvalue weighted by Crippen LogP contribution is -2.40. The van der Waals surface area contributed by atoms with Crippen LogP contribution in [0.3, 0.4) is 0 Å². The summed E-state index contributed by atoms with van der Waals surface area (Å²) in [5.41, 5.74) is 10.2. The van der Waals surface area contributed by atoms with E-state index in [0.29, 0.717) is 24.3 Å². The minimum atomic E-state index is -0.133. The zero-order chi connectivity index (χ0) is 24.5. The summed E-state index contributed by atoms with van der Waals surface area (Å²) in [5, 5.41) is 11.6. The van der Waals surface area contributed by atoms with Crippen molar-refractivity contribution >= 4 is 23.3 Å². The van der Waals surface area contributed by atoms with Crippen LogP contribution in [-0.4, -0.2) is 41.1 Å². The number of nitrogens with one attached hydrogen (secondary N) is 1. The third kappa shape index (κ3) is 6.42. The van der Waals surface area contributed by atoms with Crippen molar-refractivity contribution < 1.29 is 14.7 Å². The molecule has 1 aliphatic rings. The van der Waals surface area contributed by atoms with Gasteiger partial charge in [-0.1, -0.05) is 24.3 Å². The normalized spacial score (nSPS) is 14.4. The number of benzene rings is 2. The van der Waals surface area contributed by atoms with Crippen LogP contribution in [0.1, 0.15) is 42.6 Å². The van der Waals surface area contributed by atoms with Crippen LogP contribution in [0.4, 0.5) is 11.5 Å². The van der Waals surface area contributed by atoms with Crippen molar-refractivity contribution in [3.63, 3.8) is 0 Å². The van der Waals surface area contributed by atoms with Crippen LogP contribution >= 0.6 is 0 Å². The van der Waals surface area contributed by atoms with Gasteiger partial charge in [0.1, 0.15) is 5.82 Å². The minimum Gasteiger partial charge on any atom is -0.396 e. The van der Waals surface area contributed by atoms with Crippen molar-refractivity contribution in [2.75, 3.05) is 23.8 Å². The highest BCUT2D eigenvalue weighted by Gasteiger charge is 2.26. The van der Waals surface area contributed by atoms with E-state index >= 15 is 0 Å². The summed E-state index contributed by atoms with van der Waals surface area (Å²) in [4.78, 5) is 29.7. The van der Waals surface area contributed by atoms with Crippen molar-refractivity contribution in [3.05, 3.63) is 78.0 Å². The summed E-state index contributed by atoms with van der Waals surface area (Å²) >= 11 is 0. The molecule has 2 heterocycles. The first-order chi connectivity index (χ1) is 16.4. The predicted molar refractivity (Wildman–Crippen MR) is 136 cm³/mol. The van der Waals surface area contributed by atoms with Gasteiger partial charge in [0.15, 0.2) is 0 Å². The first-order valence-corrected chi connectivity index (χ1v) is 11.5. The molecule has 1 aromatic heterocycles. The third-order valence-electron chi connectivity index (χ3n) is 5.74. The fourth-order valence-electron chi connectivity index (χ4n) is 3.98. The molecule has 0 bridgehead atoms. The van der Waals surface area contributed by atoms with Crippen molar-refractivity contribution in [1.82, 2.24) is 10.3 Å². The molecule has 0 saturated carbocycles. The van der Waals surface area contributed by atoms with Crippen LogP contribution in [0.2, 0.25) is 0 Å². The van der Waals surface area contributed by atoms with E-state index in [4.69, 9.17) is 10.8 Å². The molecule has 0 radical (unpaired) electrons. The monoisotopic (exact) mass is 460 g/mol. The summed E-state index contributed by atoms with van der Waals surface area (Å²) in [5.74, 6) is 0.516. The lowest BCUT2D eigenvalue weighted by atomic mass is 9.93. The summed E-state index contributed by atoms with van der Waals surface area (Å²) in [6, 6.07) is 19.4. The Morgan fingerprint density at radius 2 is 1.85 bits per heavy atom. The van der Waals surface area contributed by atoms with Crippen molar-refractivity contribution in [3.8, 4) is 11.1 Å². The van der Waals surface area contributed by atoms with Gasteiger partial charge < -0.3 is 21.1 Å². The number of nitrogens with zero attached hydrogens (tertiary/aromatic N) is 2. The van der Waals surface area contributed by atoms with Crippen LogP contribution in [0.25, 0.3) is 11.1 Å². The number of nitrogens with two attached hydrogens (primary N) is 1. The number of aliphatic hydroxyl groups is 1. The van der Waals surface area contributed by atoms with Gasteiger partial charge in [0.2, 0.25) is 5.91 Å². The van der Waals surface area contributed by atoms with E-state index in [-0.39, 0.29) is 24.5 Å². The molecule has 7 heteroatoms. The van der Waals surface area contributed by atoms with Crippen molar-refractivity contribution in [2.24, 2.45) is 0 Å². The molecule has 178 valence electrons. The van der Waals surface area contributed by atoms with Gasteiger partial charge in [0, 0.05) is 43.6 Å². The Morgan fingerprint density at radius 1 is 1.12 bits per heavy atom. The number of hydrogen-bond donors (Lipinski definition) is 3. The maximum absolute atomic E-state index is 12.1. The molecule has 1 aliphatic heterocycles. The maximum Gasteiger partial charge on any atom is 0.251 e. The van der Waals surface area contributed by atoms with Gasteiger partial charge in [0.25, 0.3) is 5.91 Å². The zero-order valence-electron chi connectivity index (χ0n) is 19.7. The van der Waals surface area contributed by atoms with Crippen LogP contribution in [0.5, 0.6) is 0 Å². The van der Waals surface area contributed by atoms with Crippen LogP contribution in [-0.2, 0) is 11.2 Å². The van der Waals surface area contributed by atoms with Gasteiger partial charge in [-0.05, 0) is 79.3 Å². The number of nitrogen functional groups attached to an aromatic ring is 1. The molecule has 1 atom stereocenters. The Hall–Kier alpha value is -3.71. The lowest BCUT2D eigenvalue weighted by Gasteiger charge is -2.34. The number of aliphatic hydroxyl groups excluding tert-OH is 1. The second-order valence-corrected chi connectivity index (χ2v) is 8.29. The average molecular weight is 461 g/mol. The topological polar surface area (TPSA) is 109 Å². The standard InChI is InChI=1S/C22H26N2O3.C5H6N2/c1-15-4-5-20-14-19(10-11-21(20)24(15)16(2)26)17-6-8-18(9-7-17)22(27)23-12-3-13-25;6-5-3-1-2-4-7-5/h6-11,14-15,25H,3-5,12-13H2,1-2H3,(H,23,27);1-4H,(H2,6,7)/t15-;/m0./s1. The predicted octanol–water partition coefficient (Wildman–Crippen LogP) is 3.82. The Kier molecular flexibility index (Phi) is 8.76. The molecule has 0 unspecified atom stereocenters. The number of aryl methyl sites for hydroxylation is 1. The van der Waals surface area contributed by atoms with Gasteiger partial charge in [-0.3, -0.25) is 9.59 Å². The molecule has 2 aromatic carbocycles. The third-order valence-corrected chi connectivity index (χ3v) is 5.74. The number of carbonyl (C=O) groups excluding carboxylic acids is 2. The molecule has 0 fully saturated rings. The lowest BCUT2D eigenvalue weighted by molar-refractivity contribution is -0.117. The molecular formula is C27H32N4O3. The van der Waals surface area contributed by atoms with Gasteiger partial charge in [-0.15, -0.1) is 0 Å². The Labute approximate surface area is 200 Å². The molecule has 0 saturated heterocycles. The summed E-state index contributed by atoms with van der Waals surface area (Å²) in [7, 11) is 0. The smallest absolute Gasteiger partial charge is 0.251 e. The van der Waals surface area contributed by atoms with Gasteiger partial charge in [0.05, 0.1) is 0 Å². The summed E-state index contributed by atoms with van der Waals surface area (Å²) < 4.78 is 0. The fraction of sp³-hybridized carbons (Fsp3) is 0.296. The molecular weight excluding hydrogens is 428 g/mol. The molecule has 2 amide bonds. The zero-order valence-corrected chi connectivity index (χ0v) is 19.7. The summed E-state index contributed by atoms with van der Waals surface area (Å²) in [6.07, 6.45) is 4.13. The molecule has 0 aliphatic carbocycles. The summed E-state index contributed by atoms with van der Waals surface area (Å²) in [6.45, 7) is 4.23. The highest BCUT2D eigenvalue weighted by molar-refractivity contribution is 5.95. The number of carbonyl (C=O) groups is 2. The van der Waals surface area contributed by atoms with Gasteiger partial charge in [-0.2, -0.15) is 0 Å². The minimum absolute atomic E-state index is 0.0668. The van der Waals surface area contributed by atoms with Gasteiger partial charge >= 0.3 is 0 Å². The largest absolute Gasteiger partial charge is 0.396 e. The average Bonchev–Trinajstić information content (AvgIpc) is 2.84. The highest BCUT2D eigenvalue weighted by atomic mass is 16.3. The van der Waals surface area contributed by atoms with E-state index < -0.39 is 0 Å². The van der Waals surface area contributed by atoms with Crippen LogP contribution in [0, 0.1) is 0 Å². The molecule has 34 heavy (non-hydrogen) atoms. The fourth-order valence-corrected chi connectivity index (χ4v) is 3.98. The number of fused-ring (bicyclic) bond motifs is 1. The van der Waals surface area contributed by atoms with Crippen molar-refractivity contribution in [1.29, 1.82) is 0 Å². The number of hydrogen-bond acceptors (Lipinski definition) is 5. The Morgan fingerprint density at radius 3 is 2.44 bits per heavy atom.